The summed E-state index contributed by atoms with van der Waals surface area (Å²) in [7, 11) is 0. The SMILES string of the molecule is Cc1cc(CCN2CCC(C(=O)O)CC2)ccc1F. The van der Waals surface area contributed by atoms with Crippen molar-refractivity contribution in [1.29, 1.82) is 0 Å². The van der Waals surface area contributed by atoms with Crippen LogP contribution >= 0.6 is 0 Å². The number of rotatable bonds is 4. The Morgan fingerprint density at radius 3 is 2.68 bits per heavy atom. The zero-order valence-electron chi connectivity index (χ0n) is 11.2. The number of aryl methyl sites for hydroxylation is 1. The van der Waals surface area contributed by atoms with E-state index in [1.165, 1.54) is 6.07 Å². The van der Waals surface area contributed by atoms with Crippen molar-refractivity contribution in [3.05, 3.63) is 35.1 Å². The van der Waals surface area contributed by atoms with Gasteiger partial charge in [0, 0.05) is 6.54 Å². The lowest BCUT2D eigenvalue weighted by atomic mass is 9.97. The molecule has 0 aliphatic carbocycles. The molecule has 0 aromatic heterocycles. The fourth-order valence-corrected chi connectivity index (χ4v) is 2.55. The molecule has 0 spiro atoms. The van der Waals surface area contributed by atoms with E-state index in [0.717, 1.165) is 44.5 Å². The number of aliphatic carboxylic acids is 1. The van der Waals surface area contributed by atoms with Gasteiger partial charge in [-0.2, -0.15) is 0 Å². The smallest absolute Gasteiger partial charge is 0.306 e. The third-order valence-corrected chi connectivity index (χ3v) is 3.88. The van der Waals surface area contributed by atoms with Crippen molar-refractivity contribution in [3.63, 3.8) is 0 Å². The summed E-state index contributed by atoms with van der Waals surface area (Å²) in [6.07, 6.45) is 2.36. The standard InChI is InChI=1S/C15H20FNO2/c1-11-10-12(2-3-14(11)16)4-7-17-8-5-13(6-9-17)15(18)19/h2-3,10,13H,4-9H2,1H3,(H,18,19). The van der Waals surface area contributed by atoms with Crippen molar-refractivity contribution < 1.29 is 14.3 Å². The first-order valence-corrected chi connectivity index (χ1v) is 6.76. The van der Waals surface area contributed by atoms with Gasteiger partial charge < -0.3 is 10.0 Å². The molecule has 1 N–H and O–H groups in total. The first-order valence-electron chi connectivity index (χ1n) is 6.76. The van der Waals surface area contributed by atoms with Gasteiger partial charge in [-0.1, -0.05) is 12.1 Å². The first kappa shape index (κ1) is 14.0. The van der Waals surface area contributed by atoms with E-state index < -0.39 is 5.97 Å². The van der Waals surface area contributed by atoms with Crippen LogP contribution in [-0.4, -0.2) is 35.6 Å². The molecule has 3 nitrogen and oxygen atoms in total. The summed E-state index contributed by atoms with van der Waals surface area (Å²) in [5.41, 5.74) is 1.82. The number of hydrogen-bond donors (Lipinski definition) is 1. The lowest BCUT2D eigenvalue weighted by Crippen LogP contribution is -2.37. The average molecular weight is 265 g/mol. The first-order chi connectivity index (χ1) is 9.06. The van der Waals surface area contributed by atoms with Crippen LogP contribution in [0.1, 0.15) is 24.0 Å². The van der Waals surface area contributed by atoms with Crippen molar-refractivity contribution >= 4 is 5.97 Å². The van der Waals surface area contributed by atoms with Crippen molar-refractivity contribution in [2.24, 2.45) is 5.92 Å². The molecule has 1 aliphatic rings. The molecule has 104 valence electrons. The molecule has 0 atom stereocenters. The van der Waals surface area contributed by atoms with Crippen LogP contribution in [0.3, 0.4) is 0 Å². The molecule has 1 aliphatic heterocycles. The minimum absolute atomic E-state index is 0.161. The van der Waals surface area contributed by atoms with Gasteiger partial charge in [0.15, 0.2) is 0 Å². The number of hydrogen-bond acceptors (Lipinski definition) is 2. The van der Waals surface area contributed by atoms with E-state index in [2.05, 4.69) is 4.90 Å². The van der Waals surface area contributed by atoms with Gasteiger partial charge >= 0.3 is 5.97 Å². The van der Waals surface area contributed by atoms with Gasteiger partial charge in [-0.3, -0.25) is 4.79 Å². The van der Waals surface area contributed by atoms with Gasteiger partial charge in [0.2, 0.25) is 0 Å². The molecule has 1 heterocycles. The quantitative estimate of drug-likeness (QED) is 0.909. The van der Waals surface area contributed by atoms with E-state index in [-0.39, 0.29) is 11.7 Å². The molecular weight excluding hydrogens is 245 g/mol. The summed E-state index contributed by atoms with van der Waals surface area (Å²) in [6, 6.07) is 5.23. The molecule has 1 saturated heterocycles. The van der Waals surface area contributed by atoms with Crippen LogP contribution < -0.4 is 0 Å². The zero-order chi connectivity index (χ0) is 13.8. The molecule has 0 unspecified atom stereocenters. The fourth-order valence-electron chi connectivity index (χ4n) is 2.55. The third kappa shape index (κ3) is 3.77. The van der Waals surface area contributed by atoms with Crippen LogP contribution in [0.15, 0.2) is 18.2 Å². The maximum Gasteiger partial charge on any atom is 0.306 e. The number of piperidine rings is 1. The predicted molar refractivity (Wildman–Crippen MR) is 71.6 cm³/mol. The molecule has 0 bridgehead atoms. The van der Waals surface area contributed by atoms with Gasteiger partial charge in [-0.05, 0) is 56.5 Å². The number of carboxylic acids is 1. The van der Waals surface area contributed by atoms with Crippen LogP contribution in [0, 0.1) is 18.7 Å². The average Bonchev–Trinajstić information content (AvgIpc) is 2.40. The fraction of sp³-hybridized carbons (Fsp3) is 0.533. The minimum Gasteiger partial charge on any atom is -0.481 e. The highest BCUT2D eigenvalue weighted by atomic mass is 19.1. The monoisotopic (exact) mass is 265 g/mol. The number of benzene rings is 1. The summed E-state index contributed by atoms with van der Waals surface area (Å²) in [5.74, 6) is -1.01. The maximum atomic E-state index is 13.1. The molecular formula is C15H20FNO2. The zero-order valence-corrected chi connectivity index (χ0v) is 11.2. The highest BCUT2D eigenvalue weighted by Gasteiger charge is 2.23. The summed E-state index contributed by atoms with van der Waals surface area (Å²) in [6.45, 7) is 4.38. The van der Waals surface area contributed by atoms with Gasteiger partial charge in [0.05, 0.1) is 5.92 Å². The molecule has 0 saturated carbocycles. The van der Waals surface area contributed by atoms with Gasteiger partial charge in [-0.25, -0.2) is 4.39 Å². The van der Waals surface area contributed by atoms with Crippen LogP contribution in [0.4, 0.5) is 4.39 Å². The van der Waals surface area contributed by atoms with Crippen molar-refractivity contribution in [3.8, 4) is 0 Å². The number of carbonyl (C=O) groups is 1. The molecule has 1 aromatic carbocycles. The Bertz CT molecular complexity index is 453. The largest absolute Gasteiger partial charge is 0.481 e. The number of nitrogens with zero attached hydrogens (tertiary/aromatic N) is 1. The second kappa shape index (κ2) is 6.15. The summed E-state index contributed by atoms with van der Waals surface area (Å²) >= 11 is 0. The Morgan fingerprint density at radius 1 is 1.42 bits per heavy atom. The van der Waals surface area contributed by atoms with Gasteiger partial charge in [0.25, 0.3) is 0 Å². The van der Waals surface area contributed by atoms with Crippen LogP contribution in [0.5, 0.6) is 0 Å². The lowest BCUT2D eigenvalue weighted by Gasteiger charge is -2.29. The summed E-state index contributed by atoms with van der Waals surface area (Å²) in [5, 5.41) is 8.93. The third-order valence-electron chi connectivity index (χ3n) is 3.88. The topological polar surface area (TPSA) is 40.5 Å². The number of halogens is 1. The van der Waals surface area contributed by atoms with Gasteiger partial charge in [0.1, 0.15) is 5.82 Å². The van der Waals surface area contributed by atoms with E-state index in [1.54, 1.807) is 6.92 Å². The Morgan fingerprint density at radius 2 is 2.11 bits per heavy atom. The number of likely N-dealkylation sites (tertiary alicyclic amines) is 1. The molecule has 4 heteroatoms. The summed E-state index contributed by atoms with van der Waals surface area (Å²) < 4.78 is 13.1. The second-order valence-electron chi connectivity index (χ2n) is 5.29. The van der Waals surface area contributed by atoms with E-state index >= 15 is 0 Å². The van der Waals surface area contributed by atoms with Crippen LogP contribution in [-0.2, 0) is 11.2 Å². The van der Waals surface area contributed by atoms with Crippen molar-refractivity contribution in [1.82, 2.24) is 4.90 Å². The molecule has 1 fully saturated rings. The normalized spacial score (nSPS) is 17.6. The molecule has 1 aromatic rings. The molecule has 2 rings (SSSR count). The molecule has 0 radical (unpaired) electrons. The van der Waals surface area contributed by atoms with Gasteiger partial charge in [-0.15, -0.1) is 0 Å². The highest BCUT2D eigenvalue weighted by Crippen LogP contribution is 2.18. The van der Waals surface area contributed by atoms with E-state index in [1.807, 2.05) is 12.1 Å². The Hall–Kier alpha value is -1.42. The minimum atomic E-state index is -0.672. The Labute approximate surface area is 113 Å². The van der Waals surface area contributed by atoms with E-state index in [4.69, 9.17) is 5.11 Å². The van der Waals surface area contributed by atoms with E-state index in [9.17, 15) is 9.18 Å². The lowest BCUT2D eigenvalue weighted by molar-refractivity contribution is -0.143. The van der Waals surface area contributed by atoms with Crippen molar-refractivity contribution in [2.45, 2.75) is 26.2 Å². The Balaban J connectivity index is 1.80. The van der Waals surface area contributed by atoms with Crippen LogP contribution in [0.2, 0.25) is 0 Å². The molecule has 19 heavy (non-hydrogen) atoms. The molecule has 0 amide bonds. The maximum absolute atomic E-state index is 13.1. The Kier molecular flexibility index (Phi) is 4.53. The second-order valence-corrected chi connectivity index (χ2v) is 5.29. The van der Waals surface area contributed by atoms with Crippen LogP contribution in [0.25, 0.3) is 0 Å². The van der Waals surface area contributed by atoms with E-state index in [0.29, 0.717) is 5.56 Å². The summed E-state index contributed by atoms with van der Waals surface area (Å²) in [4.78, 5) is 13.1. The predicted octanol–water partition coefficient (Wildman–Crippen LogP) is 2.47. The van der Waals surface area contributed by atoms with Crippen molar-refractivity contribution in [2.75, 3.05) is 19.6 Å². The highest BCUT2D eigenvalue weighted by molar-refractivity contribution is 5.70. The number of carboxylic acid groups (broad SMARTS) is 1.